The van der Waals surface area contributed by atoms with Crippen LogP contribution in [-0.2, 0) is 4.79 Å². The van der Waals surface area contributed by atoms with E-state index in [4.69, 9.17) is 23.8 Å². The average Bonchev–Trinajstić information content (AvgIpc) is 2.74. The summed E-state index contributed by atoms with van der Waals surface area (Å²) in [4.78, 5) is 15.0. The molecule has 1 fully saturated rings. The lowest BCUT2D eigenvalue weighted by Gasteiger charge is -2.17. The van der Waals surface area contributed by atoms with Gasteiger partial charge < -0.3 is 0 Å². The highest BCUT2D eigenvalue weighted by Crippen LogP contribution is 2.37. The Morgan fingerprint density at radius 1 is 1.17 bits per heavy atom. The molecule has 0 unspecified atom stereocenters. The van der Waals surface area contributed by atoms with Crippen LogP contribution in [0.25, 0.3) is 6.08 Å². The van der Waals surface area contributed by atoms with E-state index in [9.17, 15) is 4.79 Å². The number of thioether (sulfide) groups is 1. The van der Waals surface area contributed by atoms with Crippen molar-refractivity contribution in [1.82, 2.24) is 0 Å². The predicted octanol–water partition coefficient (Wildman–Crippen LogP) is 5.36. The first-order valence-corrected chi connectivity index (χ1v) is 8.67. The molecule has 0 radical (unpaired) electrons. The highest BCUT2D eigenvalue weighted by atomic mass is 35.5. The van der Waals surface area contributed by atoms with Gasteiger partial charge in [-0.05, 0) is 49.2 Å². The number of hydrogen-bond acceptors (Lipinski definition) is 3. The SMILES string of the molecule is Cc1ccc(N2C(=O)/C(=C/c3cccc(Cl)c3)SC2=S)c(C)c1. The van der Waals surface area contributed by atoms with Crippen LogP contribution < -0.4 is 4.90 Å². The van der Waals surface area contributed by atoms with Crippen LogP contribution in [-0.4, -0.2) is 10.2 Å². The van der Waals surface area contributed by atoms with Gasteiger partial charge in [-0.25, -0.2) is 0 Å². The van der Waals surface area contributed by atoms with Crippen molar-refractivity contribution in [1.29, 1.82) is 0 Å². The third kappa shape index (κ3) is 3.34. The largest absolute Gasteiger partial charge is 0.270 e. The second-order valence-corrected chi connectivity index (χ2v) is 7.47. The molecule has 5 heteroatoms. The first kappa shape index (κ1) is 16.2. The van der Waals surface area contributed by atoms with Crippen LogP contribution in [0.15, 0.2) is 47.4 Å². The zero-order chi connectivity index (χ0) is 16.6. The molecule has 0 spiro atoms. The molecule has 3 rings (SSSR count). The number of benzene rings is 2. The van der Waals surface area contributed by atoms with Gasteiger partial charge in [-0.3, -0.25) is 9.69 Å². The fraction of sp³-hybridized carbons (Fsp3) is 0.111. The molecule has 0 atom stereocenters. The molecular formula is C18H14ClNOS2. The van der Waals surface area contributed by atoms with Crippen LogP contribution in [0.5, 0.6) is 0 Å². The lowest BCUT2D eigenvalue weighted by molar-refractivity contribution is -0.113. The Hall–Kier alpha value is -1.62. The van der Waals surface area contributed by atoms with E-state index < -0.39 is 0 Å². The molecule has 0 saturated carbocycles. The van der Waals surface area contributed by atoms with Crippen LogP contribution in [0.4, 0.5) is 5.69 Å². The Morgan fingerprint density at radius 3 is 2.65 bits per heavy atom. The van der Waals surface area contributed by atoms with Gasteiger partial charge in [-0.2, -0.15) is 0 Å². The third-order valence-corrected chi connectivity index (χ3v) is 5.07. The molecule has 1 saturated heterocycles. The number of amides is 1. The quantitative estimate of drug-likeness (QED) is 0.531. The number of thiocarbonyl (C=S) groups is 1. The number of hydrogen-bond donors (Lipinski definition) is 0. The molecule has 2 aromatic carbocycles. The van der Waals surface area contributed by atoms with E-state index in [0.717, 1.165) is 22.4 Å². The van der Waals surface area contributed by atoms with E-state index in [-0.39, 0.29) is 5.91 Å². The molecule has 1 aliphatic heterocycles. The Morgan fingerprint density at radius 2 is 1.96 bits per heavy atom. The van der Waals surface area contributed by atoms with Crippen LogP contribution in [0, 0.1) is 13.8 Å². The summed E-state index contributed by atoms with van der Waals surface area (Å²) in [6, 6.07) is 13.4. The van der Waals surface area contributed by atoms with Gasteiger partial charge in [0.05, 0.1) is 10.6 Å². The lowest BCUT2D eigenvalue weighted by Crippen LogP contribution is -2.28. The molecule has 116 valence electrons. The lowest BCUT2D eigenvalue weighted by atomic mass is 10.1. The topological polar surface area (TPSA) is 20.3 Å². The van der Waals surface area contributed by atoms with Crippen LogP contribution in [0.2, 0.25) is 5.02 Å². The summed E-state index contributed by atoms with van der Waals surface area (Å²) < 4.78 is 0.551. The van der Waals surface area contributed by atoms with Crippen molar-refractivity contribution in [3.63, 3.8) is 0 Å². The monoisotopic (exact) mass is 359 g/mol. The Labute approximate surface area is 150 Å². The second kappa shape index (κ2) is 6.48. The zero-order valence-electron chi connectivity index (χ0n) is 12.7. The van der Waals surface area contributed by atoms with Crippen molar-refractivity contribution in [3.8, 4) is 0 Å². The number of carbonyl (C=O) groups is 1. The van der Waals surface area contributed by atoms with E-state index in [1.807, 2.05) is 50.3 Å². The summed E-state index contributed by atoms with van der Waals surface area (Å²) >= 11 is 12.7. The van der Waals surface area contributed by atoms with Gasteiger partial charge in [0.15, 0.2) is 4.32 Å². The van der Waals surface area contributed by atoms with Crippen LogP contribution in [0.1, 0.15) is 16.7 Å². The van der Waals surface area contributed by atoms with E-state index in [0.29, 0.717) is 14.2 Å². The Kier molecular flexibility index (Phi) is 4.57. The number of nitrogens with zero attached hydrogens (tertiary/aromatic N) is 1. The molecule has 0 N–H and O–H groups in total. The van der Waals surface area contributed by atoms with Gasteiger partial charge in [0.1, 0.15) is 0 Å². The summed E-state index contributed by atoms with van der Waals surface area (Å²) in [6.45, 7) is 4.02. The van der Waals surface area contributed by atoms with Crippen molar-refractivity contribution in [2.24, 2.45) is 0 Å². The fourth-order valence-corrected chi connectivity index (χ4v) is 3.96. The van der Waals surface area contributed by atoms with Gasteiger partial charge in [0.25, 0.3) is 5.91 Å². The van der Waals surface area contributed by atoms with Gasteiger partial charge in [0.2, 0.25) is 0 Å². The number of rotatable bonds is 2. The maximum absolute atomic E-state index is 12.8. The number of anilines is 1. The third-order valence-electron chi connectivity index (χ3n) is 3.53. The molecule has 23 heavy (non-hydrogen) atoms. The van der Waals surface area contributed by atoms with E-state index in [1.165, 1.54) is 11.8 Å². The van der Waals surface area contributed by atoms with Gasteiger partial charge in [-0.15, -0.1) is 0 Å². The maximum Gasteiger partial charge on any atom is 0.270 e. The summed E-state index contributed by atoms with van der Waals surface area (Å²) in [7, 11) is 0. The summed E-state index contributed by atoms with van der Waals surface area (Å²) in [5.74, 6) is -0.0908. The summed E-state index contributed by atoms with van der Waals surface area (Å²) in [5.41, 5.74) is 3.92. The van der Waals surface area contributed by atoms with Crippen molar-refractivity contribution in [3.05, 3.63) is 69.1 Å². The Balaban J connectivity index is 1.97. The molecule has 0 aromatic heterocycles. The normalized spacial score (nSPS) is 16.5. The second-order valence-electron chi connectivity index (χ2n) is 5.36. The van der Waals surface area contributed by atoms with Gasteiger partial charge >= 0.3 is 0 Å². The Bertz CT molecular complexity index is 845. The highest BCUT2D eigenvalue weighted by Gasteiger charge is 2.33. The number of aryl methyl sites for hydroxylation is 2. The van der Waals surface area contributed by atoms with Gasteiger partial charge in [0, 0.05) is 5.02 Å². The fourth-order valence-electron chi connectivity index (χ4n) is 2.48. The first-order chi connectivity index (χ1) is 11.0. The van der Waals surface area contributed by atoms with Crippen molar-refractivity contribution in [2.75, 3.05) is 4.90 Å². The van der Waals surface area contributed by atoms with Crippen LogP contribution >= 0.6 is 35.6 Å². The molecule has 2 aromatic rings. The molecular weight excluding hydrogens is 346 g/mol. The molecule has 1 heterocycles. The summed E-state index contributed by atoms with van der Waals surface area (Å²) in [6.07, 6.45) is 1.83. The minimum atomic E-state index is -0.0908. The number of carbonyl (C=O) groups excluding carboxylic acids is 1. The van der Waals surface area contributed by atoms with Crippen molar-refractivity contribution in [2.45, 2.75) is 13.8 Å². The van der Waals surface area contributed by atoms with E-state index >= 15 is 0 Å². The van der Waals surface area contributed by atoms with Crippen molar-refractivity contribution >= 4 is 57.6 Å². The van der Waals surface area contributed by atoms with Crippen molar-refractivity contribution < 1.29 is 4.79 Å². The minimum absolute atomic E-state index is 0.0908. The number of halogens is 1. The highest BCUT2D eigenvalue weighted by molar-refractivity contribution is 8.27. The van der Waals surface area contributed by atoms with E-state index in [1.54, 1.807) is 11.0 Å². The van der Waals surface area contributed by atoms with Gasteiger partial charge in [-0.1, -0.05) is 65.4 Å². The van der Waals surface area contributed by atoms with Crippen LogP contribution in [0.3, 0.4) is 0 Å². The molecule has 0 aliphatic carbocycles. The zero-order valence-corrected chi connectivity index (χ0v) is 15.1. The molecule has 1 aliphatic rings. The molecule has 1 amide bonds. The standard InChI is InChI=1S/C18H14ClNOS2/c1-11-6-7-15(12(2)8-11)20-17(21)16(23-18(20)22)10-13-4-3-5-14(19)9-13/h3-10H,1-2H3/b16-10-. The summed E-state index contributed by atoms with van der Waals surface area (Å²) in [5, 5.41) is 0.642. The average molecular weight is 360 g/mol. The molecule has 2 nitrogen and oxygen atoms in total. The maximum atomic E-state index is 12.8. The predicted molar refractivity (Wildman–Crippen MR) is 103 cm³/mol. The minimum Gasteiger partial charge on any atom is -0.268 e. The van der Waals surface area contributed by atoms with E-state index in [2.05, 4.69) is 6.07 Å². The smallest absolute Gasteiger partial charge is 0.268 e. The molecule has 0 bridgehead atoms. The first-order valence-electron chi connectivity index (χ1n) is 7.06.